The summed E-state index contributed by atoms with van der Waals surface area (Å²) in [5.74, 6) is 2.60. The fraction of sp³-hybridized carbons (Fsp3) is 1.00. The van der Waals surface area contributed by atoms with E-state index >= 15 is 0 Å². The van der Waals surface area contributed by atoms with E-state index in [1.807, 2.05) is 0 Å². The summed E-state index contributed by atoms with van der Waals surface area (Å²) < 4.78 is 6.17. The average molecular weight is 269 g/mol. The summed E-state index contributed by atoms with van der Waals surface area (Å²) in [7, 11) is 0. The molecule has 1 saturated carbocycles. The number of ether oxygens (including phenoxy) is 1. The maximum absolute atomic E-state index is 6.17. The predicted molar refractivity (Wildman–Crippen MR) is 78.3 cm³/mol. The Kier molecular flexibility index (Phi) is 4.53. The lowest BCUT2D eigenvalue weighted by molar-refractivity contribution is -0.0945. The zero-order valence-electron chi connectivity index (χ0n) is 11.5. The van der Waals surface area contributed by atoms with Crippen LogP contribution in [0.4, 0.5) is 0 Å². The molecule has 0 radical (unpaired) electrons. The molecule has 2 saturated heterocycles. The first-order valence-electron chi connectivity index (χ1n) is 7.84. The maximum atomic E-state index is 6.17. The van der Waals surface area contributed by atoms with E-state index in [0.717, 1.165) is 18.7 Å². The van der Waals surface area contributed by atoms with E-state index in [1.54, 1.807) is 0 Å². The van der Waals surface area contributed by atoms with Crippen molar-refractivity contribution in [3.63, 3.8) is 0 Å². The van der Waals surface area contributed by atoms with Crippen LogP contribution in [-0.4, -0.2) is 35.8 Å². The molecule has 18 heavy (non-hydrogen) atoms. The third-order valence-electron chi connectivity index (χ3n) is 4.97. The number of rotatable bonds is 2. The standard InChI is InChI=1S/C15H27NOS/c1-2-4-13(5-3-1)16-14-6-9-17-15(12-14)7-10-18-11-8-15/h13-14,16H,1-12H2. The van der Waals surface area contributed by atoms with E-state index < -0.39 is 0 Å². The zero-order chi connectivity index (χ0) is 12.3. The first-order valence-corrected chi connectivity index (χ1v) is 9.00. The molecule has 1 spiro atoms. The molecule has 3 aliphatic rings. The van der Waals surface area contributed by atoms with Crippen LogP contribution in [0.5, 0.6) is 0 Å². The van der Waals surface area contributed by atoms with Crippen LogP contribution in [0.25, 0.3) is 0 Å². The van der Waals surface area contributed by atoms with Gasteiger partial charge in [0, 0.05) is 18.7 Å². The van der Waals surface area contributed by atoms with Crippen LogP contribution >= 0.6 is 11.8 Å². The van der Waals surface area contributed by atoms with Crippen LogP contribution in [0.15, 0.2) is 0 Å². The Bertz CT molecular complexity index is 254. The van der Waals surface area contributed by atoms with Gasteiger partial charge < -0.3 is 10.1 Å². The van der Waals surface area contributed by atoms with Crippen LogP contribution in [0, 0.1) is 0 Å². The van der Waals surface area contributed by atoms with Gasteiger partial charge in [0.25, 0.3) is 0 Å². The van der Waals surface area contributed by atoms with Crippen LogP contribution in [0.3, 0.4) is 0 Å². The van der Waals surface area contributed by atoms with E-state index in [9.17, 15) is 0 Å². The predicted octanol–water partition coefficient (Wildman–Crippen LogP) is 3.35. The monoisotopic (exact) mass is 269 g/mol. The topological polar surface area (TPSA) is 21.3 Å². The second kappa shape index (κ2) is 6.15. The van der Waals surface area contributed by atoms with Crippen LogP contribution in [0.1, 0.15) is 57.8 Å². The van der Waals surface area contributed by atoms with Crippen molar-refractivity contribution in [3.8, 4) is 0 Å². The van der Waals surface area contributed by atoms with Gasteiger partial charge in [-0.15, -0.1) is 0 Å². The molecule has 1 atom stereocenters. The molecule has 1 unspecified atom stereocenters. The number of hydrogen-bond acceptors (Lipinski definition) is 3. The molecule has 0 bridgehead atoms. The van der Waals surface area contributed by atoms with E-state index in [1.165, 1.54) is 69.3 Å². The van der Waals surface area contributed by atoms with Crippen LogP contribution < -0.4 is 5.32 Å². The van der Waals surface area contributed by atoms with Crippen LogP contribution in [0.2, 0.25) is 0 Å². The van der Waals surface area contributed by atoms with Crippen LogP contribution in [-0.2, 0) is 4.74 Å². The normalized spacial score (nSPS) is 33.7. The molecular formula is C15H27NOS. The highest BCUT2D eigenvalue weighted by molar-refractivity contribution is 7.99. The summed E-state index contributed by atoms with van der Waals surface area (Å²) in [6.07, 6.45) is 12.2. The molecule has 3 fully saturated rings. The lowest BCUT2D eigenvalue weighted by Gasteiger charge is -2.44. The Labute approximate surface area is 116 Å². The van der Waals surface area contributed by atoms with Crippen molar-refractivity contribution in [2.75, 3.05) is 18.1 Å². The fourth-order valence-corrected chi connectivity index (χ4v) is 5.10. The molecule has 0 aromatic carbocycles. The first-order chi connectivity index (χ1) is 8.86. The maximum Gasteiger partial charge on any atom is 0.0713 e. The van der Waals surface area contributed by atoms with Gasteiger partial charge in [-0.1, -0.05) is 19.3 Å². The van der Waals surface area contributed by atoms with Crippen molar-refractivity contribution in [1.29, 1.82) is 0 Å². The molecule has 2 nitrogen and oxygen atoms in total. The van der Waals surface area contributed by atoms with Gasteiger partial charge in [0.1, 0.15) is 0 Å². The summed E-state index contributed by atoms with van der Waals surface area (Å²) in [5.41, 5.74) is 0.246. The SMILES string of the molecule is C1CCC(NC2CCOC3(CCSCC3)C2)CC1. The molecule has 2 aliphatic heterocycles. The Morgan fingerprint density at radius 1 is 0.944 bits per heavy atom. The molecule has 0 aromatic heterocycles. The van der Waals surface area contributed by atoms with Crippen molar-refractivity contribution in [1.82, 2.24) is 5.32 Å². The number of hydrogen-bond donors (Lipinski definition) is 1. The molecule has 3 rings (SSSR count). The Hall–Kier alpha value is 0.270. The third-order valence-corrected chi connectivity index (χ3v) is 5.96. The Balaban J connectivity index is 1.52. The van der Waals surface area contributed by atoms with Gasteiger partial charge in [0.2, 0.25) is 0 Å². The minimum atomic E-state index is 0.246. The number of thioether (sulfide) groups is 1. The number of nitrogens with one attached hydrogen (secondary N) is 1. The summed E-state index contributed by atoms with van der Waals surface area (Å²) in [4.78, 5) is 0. The van der Waals surface area contributed by atoms with Gasteiger partial charge in [-0.25, -0.2) is 0 Å². The van der Waals surface area contributed by atoms with Crippen molar-refractivity contribution in [2.24, 2.45) is 0 Å². The minimum absolute atomic E-state index is 0.246. The Morgan fingerprint density at radius 2 is 1.72 bits per heavy atom. The molecule has 0 aromatic rings. The van der Waals surface area contributed by atoms with Crippen molar-refractivity contribution < 1.29 is 4.74 Å². The minimum Gasteiger partial charge on any atom is -0.375 e. The van der Waals surface area contributed by atoms with E-state index in [2.05, 4.69) is 17.1 Å². The zero-order valence-corrected chi connectivity index (χ0v) is 12.3. The van der Waals surface area contributed by atoms with Crippen molar-refractivity contribution in [2.45, 2.75) is 75.5 Å². The second-order valence-corrected chi connectivity index (χ2v) is 7.56. The highest BCUT2D eigenvalue weighted by atomic mass is 32.2. The molecule has 0 amide bonds. The van der Waals surface area contributed by atoms with Gasteiger partial charge in [0.05, 0.1) is 5.60 Å². The van der Waals surface area contributed by atoms with Crippen molar-refractivity contribution in [3.05, 3.63) is 0 Å². The lowest BCUT2D eigenvalue weighted by atomic mass is 9.84. The largest absolute Gasteiger partial charge is 0.375 e. The summed E-state index contributed by atoms with van der Waals surface area (Å²) in [6.45, 7) is 0.981. The van der Waals surface area contributed by atoms with Gasteiger partial charge in [-0.05, 0) is 50.0 Å². The summed E-state index contributed by atoms with van der Waals surface area (Å²) in [5, 5.41) is 3.94. The average Bonchev–Trinajstić information content (AvgIpc) is 2.41. The van der Waals surface area contributed by atoms with E-state index in [0.29, 0.717) is 0 Å². The molecule has 3 heteroatoms. The molecule has 104 valence electrons. The highest BCUT2D eigenvalue weighted by Crippen LogP contribution is 2.37. The molecular weight excluding hydrogens is 242 g/mol. The lowest BCUT2D eigenvalue weighted by Crippen LogP contribution is -2.51. The molecule has 2 heterocycles. The third kappa shape index (κ3) is 3.23. The van der Waals surface area contributed by atoms with Gasteiger partial charge in [-0.2, -0.15) is 11.8 Å². The first kappa shape index (κ1) is 13.3. The molecule has 1 aliphatic carbocycles. The quantitative estimate of drug-likeness (QED) is 0.830. The van der Waals surface area contributed by atoms with E-state index in [4.69, 9.17) is 4.74 Å². The fourth-order valence-electron chi connectivity index (χ4n) is 3.86. The van der Waals surface area contributed by atoms with Crippen molar-refractivity contribution >= 4 is 11.8 Å². The smallest absolute Gasteiger partial charge is 0.0713 e. The summed E-state index contributed by atoms with van der Waals surface area (Å²) in [6, 6.07) is 1.53. The van der Waals surface area contributed by atoms with Gasteiger partial charge in [-0.3, -0.25) is 0 Å². The highest BCUT2D eigenvalue weighted by Gasteiger charge is 2.39. The molecule has 1 N–H and O–H groups in total. The van der Waals surface area contributed by atoms with E-state index in [-0.39, 0.29) is 5.60 Å². The Morgan fingerprint density at radius 3 is 2.50 bits per heavy atom. The van der Waals surface area contributed by atoms with Gasteiger partial charge in [0.15, 0.2) is 0 Å². The summed E-state index contributed by atoms with van der Waals surface area (Å²) >= 11 is 2.10. The van der Waals surface area contributed by atoms with Gasteiger partial charge >= 0.3 is 0 Å². The second-order valence-electron chi connectivity index (χ2n) is 6.34.